The van der Waals surface area contributed by atoms with E-state index in [2.05, 4.69) is 29.0 Å². The molecule has 5 rings (SSSR count). The quantitative estimate of drug-likeness (QED) is 0.651. The maximum Gasteiger partial charge on any atom is 0.146 e. The highest BCUT2D eigenvalue weighted by Gasteiger charge is 2.23. The van der Waals surface area contributed by atoms with Crippen LogP contribution in [-0.2, 0) is 24.1 Å². The zero-order valence-electron chi connectivity index (χ0n) is 17.0. The van der Waals surface area contributed by atoms with Gasteiger partial charge in [0.05, 0.1) is 31.2 Å². The molecular weight excluding hydrogens is 402 g/mol. The van der Waals surface area contributed by atoms with Gasteiger partial charge in [0.1, 0.15) is 21.5 Å². The van der Waals surface area contributed by atoms with E-state index in [9.17, 15) is 0 Å². The minimum Gasteiger partial charge on any atom is -0.379 e. The maximum absolute atomic E-state index is 5.49. The van der Waals surface area contributed by atoms with Crippen molar-refractivity contribution in [3.05, 3.63) is 32.3 Å². The van der Waals surface area contributed by atoms with Crippen LogP contribution in [0.1, 0.15) is 52.0 Å². The standard InChI is InChI=1S/C21H27N5OS2/c1-13-11-22-20(28-13)14(2)23-19-18-15-5-3-4-6-16(15)29-21(18)25-17(24-19)12-26-7-9-27-10-8-26/h11,14H,3-10,12H2,1-2H3,(H,23,24,25). The summed E-state index contributed by atoms with van der Waals surface area (Å²) in [5, 5.41) is 6.04. The highest BCUT2D eigenvalue weighted by Crippen LogP contribution is 2.39. The van der Waals surface area contributed by atoms with Crippen LogP contribution in [0.3, 0.4) is 0 Å². The number of thiazole rings is 1. The second kappa shape index (κ2) is 8.26. The van der Waals surface area contributed by atoms with Crippen LogP contribution in [0.5, 0.6) is 0 Å². The maximum atomic E-state index is 5.49. The van der Waals surface area contributed by atoms with E-state index in [0.717, 1.165) is 60.7 Å². The minimum atomic E-state index is 0.127. The molecule has 0 radical (unpaired) electrons. The molecule has 0 saturated carbocycles. The lowest BCUT2D eigenvalue weighted by Crippen LogP contribution is -2.36. The first-order valence-corrected chi connectivity index (χ1v) is 12.1. The number of aryl methyl sites for hydroxylation is 3. The normalized spacial score (nSPS) is 18.7. The molecule has 2 aliphatic rings. The summed E-state index contributed by atoms with van der Waals surface area (Å²) in [6.07, 6.45) is 6.81. The third-order valence-corrected chi connectivity index (χ3v) is 7.97. The summed E-state index contributed by atoms with van der Waals surface area (Å²) in [6, 6.07) is 0.127. The number of nitrogens with zero attached hydrogens (tertiary/aromatic N) is 4. The van der Waals surface area contributed by atoms with Crippen molar-refractivity contribution in [1.29, 1.82) is 0 Å². The van der Waals surface area contributed by atoms with Crippen molar-refractivity contribution in [3.63, 3.8) is 0 Å². The summed E-state index contributed by atoms with van der Waals surface area (Å²) >= 11 is 3.62. The van der Waals surface area contributed by atoms with Gasteiger partial charge >= 0.3 is 0 Å². The SMILES string of the molecule is Cc1cnc(C(C)Nc2nc(CN3CCOCC3)nc3sc4c(c23)CCCC4)s1. The molecule has 8 heteroatoms. The van der Waals surface area contributed by atoms with Crippen LogP contribution in [0.25, 0.3) is 10.2 Å². The Kier molecular flexibility index (Phi) is 5.51. The number of ether oxygens (including phenoxy) is 1. The Morgan fingerprint density at radius 1 is 1.17 bits per heavy atom. The van der Waals surface area contributed by atoms with Crippen molar-refractivity contribution in [2.75, 3.05) is 31.6 Å². The molecule has 6 nitrogen and oxygen atoms in total. The Morgan fingerprint density at radius 2 is 2.00 bits per heavy atom. The number of thiophene rings is 1. The number of hydrogen-bond donors (Lipinski definition) is 1. The smallest absolute Gasteiger partial charge is 0.146 e. The van der Waals surface area contributed by atoms with Crippen molar-refractivity contribution in [3.8, 4) is 0 Å². The van der Waals surface area contributed by atoms with Gasteiger partial charge in [-0.25, -0.2) is 15.0 Å². The monoisotopic (exact) mass is 429 g/mol. The van der Waals surface area contributed by atoms with Crippen LogP contribution < -0.4 is 5.32 Å². The van der Waals surface area contributed by atoms with E-state index in [0.29, 0.717) is 0 Å². The van der Waals surface area contributed by atoms with E-state index >= 15 is 0 Å². The van der Waals surface area contributed by atoms with Gasteiger partial charge in [0.25, 0.3) is 0 Å². The molecule has 1 N–H and O–H groups in total. The van der Waals surface area contributed by atoms with E-state index < -0.39 is 0 Å². The lowest BCUT2D eigenvalue weighted by atomic mass is 9.97. The summed E-state index contributed by atoms with van der Waals surface area (Å²) in [5.74, 6) is 1.89. The number of rotatable bonds is 5. The Hall–Kier alpha value is -1.61. The first-order valence-electron chi connectivity index (χ1n) is 10.5. The van der Waals surface area contributed by atoms with Crippen molar-refractivity contribution in [2.24, 2.45) is 0 Å². The van der Waals surface area contributed by atoms with Crippen LogP contribution in [-0.4, -0.2) is 46.2 Å². The van der Waals surface area contributed by atoms with Gasteiger partial charge in [-0.3, -0.25) is 4.90 Å². The van der Waals surface area contributed by atoms with Crippen LogP contribution in [0, 0.1) is 6.92 Å². The van der Waals surface area contributed by atoms with Crippen molar-refractivity contribution in [1.82, 2.24) is 19.9 Å². The fraction of sp³-hybridized carbons (Fsp3) is 0.571. The molecule has 0 bridgehead atoms. The first-order chi connectivity index (χ1) is 14.2. The lowest BCUT2D eigenvalue weighted by molar-refractivity contribution is 0.0331. The Morgan fingerprint density at radius 3 is 2.79 bits per heavy atom. The number of hydrogen-bond acceptors (Lipinski definition) is 8. The summed E-state index contributed by atoms with van der Waals surface area (Å²) in [7, 11) is 0. The third-order valence-electron chi connectivity index (χ3n) is 5.69. The topological polar surface area (TPSA) is 63.2 Å². The average molecular weight is 430 g/mol. The zero-order chi connectivity index (χ0) is 19.8. The second-order valence-electron chi connectivity index (χ2n) is 7.94. The predicted molar refractivity (Wildman–Crippen MR) is 119 cm³/mol. The number of nitrogens with one attached hydrogen (secondary N) is 1. The molecule has 154 valence electrons. The van der Waals surface area contributed by atoms with E-state index in [1.54, 1.807) is 11.3 Å². The van der Waals surface area contributed by atoms with Crippen molar-refractivity contribution in [2.45, 2.75) is 52.1 Å². The predicted octanol–water partition coefficient (Wildman–Crippen LogP) is 4.34. The largest absolute Gasteiger partial charge is 0.379 e. The molecule has 1 atom stereocenters. The Balaban J connectivity index is 1.52. The molecule has 0 aromatic carbocycles. The van der Waals surface area contributed by atoms with E-state index in [1.807, 2.05) is 17.5 Å². The van der Waals surface area contributed by atoms with Crippen LogP contribution in [0.15, 0.2) is 6.20 Å². The fourth-order valence-corrected chi connectivity index (χ4v) is 6.23. The Labute approximate surface area is 179 Å². The van der Waals surface area contributed by atoms with Crippen LogP contribution >= 0.6 is 22.7 Å². The molecule has 29 heavy (non-hydrogen) atoms. The van der Waals surface area contributed by atoms with Crippen molar-refractivity contribution < 1.29 is 4.74 Å². The molecule has 1 saturated heterocycles. The van der Waals surface area contributed by atoms with Gasteiger partial charge in [-0.05, 0) is 45.1 Å². The van der Waals surface area contributed by atoms with Gasteiger partial charge in [-0.1, -0.05) is 0 Å². The molecule has 0 amide bonds. The van der Waals surface area contributed by atoms with Gasteiger partial charge in [0.15, 0.2) is 0 Å². The molecule has 4 heterocycles. The molecule has 1 unspecified atom stereocenters. The highest BCUT2D eigenvalue weighted by molar-refractivity contribution is 7.19. The molecule has 0 spiro atoms. The van der Waals surface area contributed by atoms with E-state index in [-0.39, 0.29) is 6.04 Å². The fourth-order valence-electron chi connectivity index (χ4n) is 4.18. The Bertz CT molecular complexity index is 1010. The lowest BCUT2D eigenvalue weighted by Gasteiger charge is -2.26. The van der Waals surface area contributed by atoms with Crippen molar-refractivity contribution >= 4 is 38.7 Å². The number of fused-ring (bicyclic) bond motifs is 3. The van der Waals surface area contributed by atoms with Gasteiger partial charge in [0.2, 0.25) is 0 Å². The number of aromatic nitrogens is 3. The highest BCUT2D eigenvalue weighted by atomic mass is 32.1. The van der Waals surface area contributed by atoms with Crippen LogP contribution in [0.2, 0.25) is 0 Å². The molecular formula is C21H27N5OS2. The van der Waals surface area contributed by atoms with Gasteiger partial charge < -0.3 is 10.1 Å². The minimum absolute atomic E-state index is 0.127. The van der Waals surface area contributed by atoms with Crippen LogP contribution in [0.4, 0.5) is 5.82 Å². The molecule has 3 aromatic rings. The summed E-state index contributed by atoms with van der Waals surface area (Å²) in [6.45, 7) is 8.53. The van der Waals surface area contributed by atoms with Gasteiger partial charge in [-0.2, -0.15) is 0 Å². The second-order valence-corrected chi connectivity index (χ2v) is 10.3. The van der Waals surface area contributed by atoms with E-state index in [4.69, 9.17) is 14.7 Å². The molecule has 1 aliphatic heterocycles. The number of anilines is 1. The number of morpholine rings is 1. The summed E-state index contributed by atoms with van der Waals surface area (Å²) in [4.78, 5) is 20.9. The summed E-state index contributed by atoms with van der Waals surface area (Å²) in [5.41, 5.74) is 1.47. The summed E-state index contributed by atoms with van der Waals surface area (Å²) < 4.78 is 5.49. The molecule has 1 aliphatic carbocycles. The van der Waals surface area contributed by atoms with E-state index in [1.165, 1.54) is 40.0 Å². The van der Waals surface area contributed by atoms with Gasteiger partial charge in [0, 0.05) is 29.0 Å². The zero-order valence-corrected chi connectivity index (χ0v) is 18.7. The third kappa shape index (κ3) is 4.03. The van der Waals surface area contributed by atoms with Gasteiger partial charge in [-0.15, -0.1) is 22.7 Å². The average Bonchev–Trinajstić information content (AvgIpc) is 3.32. The first kappa shape index (κ1) is 19.4. The molecule has 3 aromatic heterocycles. The molecule has 1 fully saturated rings.